The van der Waals surface area contributed by atoms with Crippen LogP contribution in [0.1, 0.15) is 22.3 Å². The zero-order chi connectivity index (χ0) is 12.8. The summed E-state index contributed by atoms with van der Waals surface area (Å²) in [5.41, 5.74) is 4.11. The first-order valence-electron chi connectivity index (χ1n) is 5.68. The van der Waals surface area contributed by atoms with E-state index in [-0.39, 0.29) is 6.61 Å². The molecular weight excluding hydrogens is 288 g/mol. The van der Waals surface area contributed by atoms with Gasteiger partial charge in [-0.25, -0.2) is 0 Å². The second kappa shape index (κ2) is 6.39. The highest BCUT2D eigenvalue weighted by Crippen LogP contribution is 2.07. The Hall–Kier alpha value is -1.56. The molecule has 18 heavy (non-hydrogen) atoms. The fraction of sp³-hybridized carbons (Fsp3) is 0.125. The summed E-state index contributed by atoms with van der Waals surface area (Å²) in [5.74, 6) is 6.23. The molecule has 2 aromatic rings. The van der Waals surface area contributed by atoms with Gasteiger partial charge in [0.15, 0.2) is 0 Å². The Morgan fingerprint density at radius 2 is 1.22 bits per heavy atom. The maximum absolute atomic E-state index is 8.95. The third-order valence-corrected chi connectivity index (χ3v) is 3.24. The Morgan fingerprint density at radius 3 is 1.61 bits per heavy atom. The van der Waals surface area contributed by atoms with Crippen molar-refractivity contribution in [3.63, 3.8) is 0 Å². The molecule has 0 spiro atoms. The first kappa shape index (κ1) is 12.9. The van der Waals surface area contributed by atoms with Gasteiger partial charge in [0.05, 0.1) is 6.61 Å². The standard InChI is InChI=1S/C16H13BrO/c17-11-15-7-3-13(4-8-15)1-2-14-5-9-16(12-18)10-6-14/h3-10,18H,11-12H2. The smallest absolute Gasteiger partial charge is 0.0681 e. The van der Waals surface area contributed by atoms with Gasteiger partial charge in [-0.3, -0.25) is 0 Å². The second-order valence-corrected chi connectivity index (χ2v) is 4.50. The molecule has 0 radical (unpaired) electrons. The minimum Gasteiger partial charge on any atom is -0.392 e. The molecule has 0 aromatic heterocycles. The van der Waals surface area contributed by atoms with Crippen molar-refractivity contribution >= 4 is 15.9 Å². The van der Waals surface area contributed by atoms with Crippen LogP contribution in [0.5, 0.6) is 0 Å². The molecule has 0 bridgehead atoms. The fourth-order valence-electron chi connectivity index (χ4n) is 1.51. The molecule has 0 aliphatic rings. The number of alkyl halides is 1. The van der Waals surface area contributed by atoms with Crippen molar-refractivity contribution in [2.45, 2.75) is 11.9 Å². The van der Waals surface area contributed by atoms with Crippen LogP contribution in [0.3, 0.4) is 0 Å². The number of halogens is 1. The Balaban J connectivity index is 2.14. The van der Waals surface area contributed by atoms with Crippen molar-refractivity contribution in [2.24, 2.45) is 0 Å². The summed E-state index contributed by atoms with van der Waals surface area (Å²) < 4.78 is 0. The topological polar surface area (TPSA) is 20.2 Å². The van der Waals surface area contributed by atoms with Crippen LogP contribution in [-0.4, -0.2) is 5.11 Å². The lowest BCUT2D eigenvalue weighted by atomic mass is 10.1. The maximum Gasteiger partial charge on any atom is 0.0681 e. The predicted octanol–water partition coefficient (Wildman–Crippen LogP) is 3.47. The van der Waals surface area contributed by atoms with Crippen LogP contribution in [-0.2, 0) is 11.9 Å². The van der Waals surface area contributed by atoms with Gasteiger partial charge < -0.3 is 5.11 Å². The van der Waals surface area contributed by atoms with Crippen LogP contribution >= 0.6 is 15.9 Å². The molecule has 0 saturated heterocycles. The molecule has 0 aliphatic heterocycles. The zero-order valence-corrected chi connectivity index (χ0v) is 11.4. The molecule has 0 amide bonds. The average molecular weight is 301 g/mol. The molecule has 1 nitrogen and oxygen atoms in total. The van der Waals surface area contributed by atoms with Crippen molar-refractivity contribution in [1.29, 1.82) is 0 Å². The first-order valence-corrected chi connectivity index (χ1v) is 6.80. The van der Waals surface area contributed by atoms with E-state index in [4.69, 9.17) is 5.11 Å². The van der Waals surface area contributed by atoms with E-state index in [0.717, 1.165) is 22.0 Å². The summed E-state index contributed by atoms with van der Waals surface area (Å²) in [7, 11) is 0. The molecule has 1 N–H and O–H groups in total. The molecule has 2 heteroatoms. The van der Waals surface area contributed by atoms with E-state index in [9.17, 15) is 0 Å². The summed E-state index contributed by atoms with van der Waals surface area (Å²) in [6.07, 6.45) is 0. The second-order valence-electron chi connectivity index (χ2n) is 3.94. The molecule has 0 unspecified atom stereocenters. The summed E-state index contributed by atoms with van der Waals surface area (Å²) in [5, 5.41) is 9.81. The minimum absolute atomic E-state index is 0.0711. The molecule has 0 saturated carbocycles. The number of aliphatic hydroxyl groups excluding tert-OH is 1. The van der Waals surface area contributed by atoms with Crippen LogP contribution < -0.4 is 0 Å². The Morgan fingerprint density at radius 1 is 0.778 bits per heavy atom. The number of rotatable bonds is 2. The lowest BCUT2D eigenvalue weighted by Gasteiger charge is -1.96. The Kier molecular flexibility index (Phi) is 4.58. The molecule has 0 atom stereocenters. The summed E-state index contributed by atoms with van der Waals surface area (Å²) in [6, 6.07) is 15.8. The third-order valence-electron chi connectivity index (χ3n) is 2.60. The maximum atomic E-state index is 8.95. The van der Waals surface area contributed by atoms with Gasteiger partial charge in [-0.05, 0) is 35.4 Å². The Bertz CT molecular complexity index is 507. The monoisotopic (exact) mass is 300 g/mol. The van der Waals surface area contributed by atoms with E-state index >= 15 is 0 Å². The largest absolute Gasteiger partial charge is 0.392 e. The fourth-order valence-corrected chi connectivity index (χ4v) is 1.89. The van der Waals surface area contributed by atoms with E-state index in [0.29, 0.717) is 0 Å². The average Bonchev–Trinajstić information content (AvgIpc) is 2.46. The molecule has 2 aromatic carbocycles. The molecule has 0 aliphatic carbocycles. The van der Waals surface area contributed by atoms with Gasteiger partial charge in [-0.15, -0.1) is 0 Å². The molecular formula is C16H13BrO. The van der Waals surface area contributed by atoms with E-state index in [1.807, 2.05) is 36.4 Å². The van der Waals surface area contributed by atoms with Crippen LogP contribution in [0.25, 0.3) is 0 Å². The van der Waals surface area contributed by atoms with Gasteiger partial charge in [-0.1, -0.05) is 52.0 Å². The van der Waals surface area contributed by atoms with E-state index in [1.54, 1.807) is 0 Å². The van der Waals surface area contributed by atoms with E-state index in [2.05, 4.69) is 39.9 Å². The molecule has 2 rings (SSSR count). The number of benzene rings is 2. The van der Waals surface area contributed by atoms with E-state index in [1.165, 1.54) is 5.56 Å². The third kappa shape index (κ3) is 3.46. The van der Waals surface area contributed by atoms with Gasteiger partial charge in [0.2, 0.25) is 0 Å². The lowest BCUT2D eigenvalue weighted by Crippen LogP contribution is -1.83. The van der Waals surface area contributed by atoms with Crippen molar-refractivity contribution in [2.75, 3.05) is 0 Å². The van der Waals surface area contributed by atoms with Crippen LogP contribution in [0, 0.1) is 11.8 Å². The van der Waals surface area contributed by atoms with Crippen LogP contribution in [0.4, 0.5) is 0 Å². The van der Waals surface area contributed by atoms with Gasteiger partial charge >= 0.3 is 0 Å². The van der Waals surface area contributed by atoms with Gasteiger partial charge in [0.1, 0.15) is 0 Å². The number of hydrogen-bond donors (Lipinski definition) is 1. The highest BCUT2D eigenvalue weighted by molar-refractivity contribution is 9.08. The SMILES string of the molecule is OCc1ccc(C#Cc2ccc(CBr)cc2)cc1. The van der Waals surface area contributed by atoms with Gasteiger partial charge in [0, 0.05) is 16.5 Å². The van der Waals surface area contributed by atoms with Crippen molar-refractivity contribution in [1.82, 2.24) is 0 Å². The van der Waals surface area contributed by atoms with Crippen molar-refractivity contribution in [3.05, 3.63) is 70.8 Å². The first-order chi connectivity index (χ1) is 8.81. The normalized spacial score (nSPS) is 9.67. The van der Waals surface area contributed by atoms with Crippen molar-refractivity contribution in [3.8, 4) is 11.8 Å². The zero-order valence-electron chi connectivity index (χ0n) is 9.86. The molecule has 90 valence electrons. The lowest BCUT2D eigenvalue weighted by molar-refractivity contribution is 0.282. The van der Waals surface area contributed by atoms with E-state index < -0.39 is 0 Å². The predicted molar refractivity (Wildman–Crippen MR) is 77.4 cm³/mol. The van der Waals surface area contributed by atoms with Crippen LogP contribution in [0.15, 0.2) is 48.5 Å². The summed E-state index contributed by atoms with van der Waals surface area (Å²) in [4.78, 5) is 0. The number of hydrogen-bond acceptors (Lipinski definition) is 1. The molecule has 0 fully saturated rings. The van der Waals surface area contributed by atoms with Crippen molar-refractivity contribution < 1.29 is 5.11 Å². The Labute approximate surface area is 116 Å². The number of aliphatic hydroxyl groups is 1. The van der Waals surface area contributed by atoms with Gasteiger partial charge in [-0.2, -0.15) is 0 Å². The van der Waals surface area contributed by atoms with Crippen LogP contribution in [0.2, 0.25) is 0 Å². The van der Waals surface area contributed by atoms with Gasteiger partial charge in [0.25, 0.3) is 0 Å². The summed E-state index contributed by atoms with van der Waals surface area (Å²) in [6.45, 7) is 0.0711. The highest BCUT2D eigenvalue weighted by atomic mass is 79.9. The minimum atomic E-state index is 0.0711. The molecule has 0 heterocycles. The quantitative estimate of drug-likeness (QED) is 0.665. The highest BCUT2D eigenvalue weighted by Gasteiger charge is 1.91. The summed E-state index contributed by atoms with van der Waals surface area (Å²) >= 11 is 3.41.